The van der Waals surface area contributed by atoms with Crippen LogP contribution in [0.15, 0.2) is 46.2 Å². The molecule has 18 heavy (non-hydrogen) atoms. The monoisotopic (exact) mass is 266 g/mol. The van der Waals surface area contributed by atoms with Crippen LogP contribution in [0.5, 0.6) is 0 Å². The van der Waals surface area contributed by atoms with E-state index in [9.17, 15) is 8.78 Å². The molecular weight excluding hydrogens is 254 g/mol. The fraction of sp³-hybridized carbons (Fsp3) is 0.143. The fourth-order valence-electron chi connectivity index (χ4n) is 1.60. The number of hydrogen-bond donors (Lipinski definition) is 1. The Bertz CT molecular complexity index is 546. The Kier molecular flexibility index (Phi) is 3.99. The number of aliphatic hydroxyl groups excluding tert-OH is 1. The molecular formula is C14H12F2OS. The third-order valence-corrected chi connectivity index (χ3v) is 3.53. The molecule has 0 bridgehead atoms. The van der Waals surface area contributed by atoms with Crippen molar-refractivity contribution in [3.63, 3.8) is 0 Å². The summed E-state index contributed by atoms with van der Waals surface area (Å²) >= 11 is 1.04. The average molecular weight is 266 g/mol. The van der Waals surface area contributed by atoms with E-state index in [1.165, 1.54) is 0 Å². The fourth-order valence-corrected chi connectivity index (χ4v) is 2.54. The van der Waals surface area contributed by atoms with Crippen LogP contribution in [-0.2, 0) is 6.61 Å². The van der Waals surface area contributed by atoms with Gasteiger partial charge in [-0.25, -0.2) is 8.78 Å². The van der Waals surface area contributed by atoms with E-state index in [0.29, 0.717) is 0 Å². The van der Waals surface area contributed by atoms with Crippen molar-refractivity contribution in [3.8, 4) is 0 Å². The van der Waals surface area contributed by atoms with Gasteiger partial charge in [0.1, 0.15) is 11.6 Å². The van der Waals surface area contributed by atoms with Crippen LogP contribution in [-0.4, -0.2) is 5.11 Å². The van der Waals surface area contributed by atoms with Gasteiger partial charge in [-0.1, -0.05) is 29.5 Å². The van der Waals surface area contributed by atoms with E-state index < -0.39 is 11.6 Å². The second kappa shape index (κ2) is 5.50. The highest BCUT2D eigenvalue weighted by Gasteiger charge is 2.12. The summed E-state index contributed by atoms with van der Waals surface area (Å²) in [7, 11) is 0. The Morgan fingerprint density at radius 3 is 2.33 bits per heavy atom. The van der Waals surface area contributed by atoms with Gasteiger partial charge >= 0.3 is 0 Å². The van der Waals surface area contributed by atoms with Gasteiger partial charge in [-0.05, 0) is 36.8 Å². The average Bonchev–Trinajstić information content (AvgIpc) is 2.33. The number of rotatable bonds is 3. The zero-order chi connectivity index (χ0) is 13.1. The smallest absolute Gasteiger partial charge is 0.140 e. The molecule has 2 aromatic rings. The van der Waals surface area contributed by atoms with Crippen LogP contribution in [0.4, 0.5) is 8.78 Å². The third kappa shape index (κ3) is 2.89. The van der Waals surface area contributed by atoms with Gasteiger partial charge in [0.05, 0.1) is 11.5 Å². The maximum Gasteiger partial charge on any atom is 0.140 e. The van der Waals surface area contributed by atoms with Crippen LogP contribution in [0.1, 0.15) is 11.1 Å². The topological polar surface area (TPSA) is 20.2 Å². The van der Waals surface area contributed by atoms with Crippen LogP contribution in [0.2, 0.25) is 0 Å². The maximum absolute atomic E-state index is 13.7. The minimum Gasteiger partial charge on any atom is -0.392 e. The molecule has 0 atom stereocenters. The summed E-state index contributed by atoms with van der Waals surface area (Å²) in [4.78, 5) is 0.738. The molecule has 1 N–H and O–H groups in total. The van der Waals surface area contributed by atoms with Crippen molar-refractivity contribution in [3.05, 3.63) is 59.2 Å². The van der Waals surface area contributed by atoms with E-state index >= 15 is 0 Å². The first kappa shape index (κ1) is 13.1. The van der Waals surface area contributed by atoms with Gasteiger partial charge in [-0.15, -0.1) is 0 Å². The summed E-state index contributed by atoms with van der Waals surface area (Å²) in [5, 5.41) is 8.86. The van der Waals surface area contributed by atoms with E-state index in [0.717, 1.165) is 34.4 Å². The first-order valence-corrected chi connectivity index (χ1v) is 6.25. The SMILES string of the molecule is Cc1cccc(Sc2c(F)cc(CO)cc2F)c1. The number of hydrogen-bond acceptors (Lipinski definition) is 2. The highest BCUT2D eigenvalue weighted by atomic mass is 32.2. The predicted molar refractivity (Wildman–Crippen MR) is 67.6 cm³/mol. The van der Waals surface area contributed by atoms with Crippen molar-refractivity contribution < 1.29 is 13.9 Å². The summed E-state index contributed by atoms with van der Waals surface area (Å²) in [6.07, 6.45) is 0. The van der Waals surface area contributed by atoms with Crippen molar-refractivity contribution in [1.82, 2.24) is 0 Å². The lowest BCUT2D eigenvalue weighted by atomic mass is 10.2. The third-order valence-electron chi connectivity index (χ3n) is 2.45. The Morgan fingerprint density at radius 2 is 1.78 bits per heavy atom. The molecule has 94 valence electrons. The predicted octanol–water partition coefficient (Wildman–Crippen LogP) is 3.92. The van der Waals surface area contributed by atoms with Crippen LogP contribution < -0.4 is 0 Å². The molecule has 0 saturated heterocycles. The molecule has 0 saturated carbocycles. The Balaban J connectivity index is 2.35. The van der Waals surface area contributed by atoms with Gasteiger partial charge in [-0.3, -0.25) is 0 Å². The van der Waals surface area contributed by atoms with Crippen LogP contribution in [0.3, 0.4) is 0 Å². The van der Waals surface area contributed by atoms with Crippen LogP contribution >= 0.6 is 11.8 Å². The molecule has 2 rings (SSSR count). The summed E-state index contributed by atoms with van der Waals surface area (Å²) in [5.74, 6) is -1.30. The summed E-state index contributed by atoms with van der Waals surface area (Å²) in [5.41, 5.74) is 1.27. The second-order valence-electron chi connectivity index (χ2n) is 3.97. The van der Waals surface area contributed by atoms with Gasteiger partial charge in [0, 0.05) is 4.90 Å². The van der Waals surface area contributed by atoms with Crippen molar-refractivity contribution >= 4 is 11.8 Å². The summed E-state index contributed by atoms with van der Waals surface area (Å²) in [6, 6.07) is 9.74. The van der Waals surface area contributed by atoms with Gasteiger partial charge in [-0.2, -0.15) is 0 Å². The van der Waals surface area contributed by atoms with Gasteiger partial charge in [0.2, 0.25) is 0 Å². The van der Waals surface area contributed by atoms with Crippen LogP contribution in [0.25, 0.3) is 0 Å². The Hall–Kier alpha value is -1.39. The standard InChI is InChI=1S/C14H12F2OS/c1-9-3-2-4-11(5-9)18-14-12(15)6-10(8-17)7-13(14)16/h2-7,17H,8H2,1H3. The number of halogens is 2. The molecule has 0 heterocycles. The molecule has 0 aliphatic rings. The lowest BCUT2D eigenvalue weighted by molar-refractivity contribution is 0.280. The van der Waals surface area contributed by atoms with Crippen molar-refractivity contribution in [2.45, 2.75) is 23.3 Å². The number of aryl methyl sites for hydroxylation is 1. The number of aliphatic hydroxyl groups is 1. The van der Waals surface area contributed by atoms with E-state index in [1.807, 2.05) is 25.1 Å². The second-order valence-corrected chi connectivity index (χ2v) is 5.05. The van der Waals surface area contributed by atoms with E-state index in [1.54, 1.807) is 6.07 Å². The minimum absolute atomic E-state index is 0.0437. The van der Waals surface area contributed by atoms with Crippen molar-refractivity contribution in [2.24, 2.45) is 0 Å². The molecule has 0 aliphatic heterocycles. The molecule has 0 aliphatic carbocycles. The van der Waals surface area contributed by atoms with E-state index in [4.69, 9.17) is 5.11 Å². The molecule has 0 amide bonds. The van der Waals surface area contributed by atoms with Gasteiger partial charge in [0.25, 0.3) is 0 Å². The first-order chi connectivity index (χ1) is 8.60. The lowest BCUT2D eigenvalue weighted by Gasteiger charge is -2.07. The minimum atomic E-state index is -0.648. The normalized spacial score (nSPS) is 10.7. The zero-order valence-corrected chi connectivity index (χ0v) is 10.6. The zero-order valence-electron chi connectivity index (χ0n) is 9.78. The highest BCUT2D eigenvalue weighted by molar-refractivity contribution is 7.99. The van der Waals surface area contributed by atoms with Crippen LogP contribution in [0, 0.1) is 18.6 Å². The Labute approximate surface area is 108 Å². The molecule has 4 heteroatoms. The Morgan fingerprint density at radius 1 is 1.11 bits per heavy atom. The van der Waals surface area contributed by atoms with Crippen molar-refractivity contribution in [1.29, 1.82) is 0 Å². The lowest BCUT2D eigenvalue weighted by Crippen LogP contribution is -1.93. The molecule has 1 nitrogen and oxygen atoms in total. The highest BCUT2D eigenvalue weighted by Crippen LogP contribution is 2.33. The largest absolute Gasteiger partial charge is 0.392 e. The number of benzene rings is 2. The molecule has 0 unspecified atom stereocenters. The molecule has 0 spiro atoms. The molecule has 0 radical (unpaired) electrons. The van der Waals surface area contributed by atoms with Crippen molar-refractivity contribution in [2.75, 3.05) is 0 Å². The molecule has 0 aromatic heterocycles. The maximum atomic E-state index is 13.7. The van der Waals surface area contributed by atoms with E-state index in [2.05, 4.69) is 0 Å². The summed E-state index contributed by atoms with van der Waals surface area (Å²) in [6.45, 7) is 1.55. The van der Waals surface area contributed by atoms with Gasteiger partial charge in [0.15, 0.2) is 0 Å². The van der Waals surface area contributed by atoms with Gasteiger partial charge < -0.3 is 5.11 Å². The first-order valence-electron chi connectivity index (χ1n) is 5.43. The molecule has 0 fully saturated rings. The van der Waals surface area contributed by atoms with E-state index in [-0.39, 0.29) is 17.1 Å². The molecule has 2 aromatic carbocycles. The summed E-state index contributed by atoms with van der Waals surface area (Å²) < 4.78 is 27.4. The quantitative estimate of drug-likeness (QED) is 0.908.